The molecule has 2 nitrogen and oxygen atoms in total. The predicted molar refractivity (Wildman–Crippen MR) is 54.0 cm³/mol. The molecule has 0 aliphatic heterocycles. The Balaban J connectivity index is 2.89. The number of alkyl halides is 3. The van der Waals surface area contributed by atoms with Gasteiger partial charge in [-0.15, -0.1) is 0 Å². The van der Waals surface area contributed by atoms with Crippen molar-refractivity contribution in [3.8, 4) is 0 Å². The minimum Gasteiger partial charge on any atom is -0.384 e. The van der Waals surface area contributed by atoms with Crippen LogP contribution in [0.5, 0.6) is 0 Å². The van der Waals surface area contributed by atoms with Crippen LogP contribution in [0.3, 0.4) is 0 Å². The van der Waals surface area contributed by atoms with Gasteiger partial charge in [0.15, 0.2) is 0 Å². The summed E-state index contributed by atoms with van der Waals surface area (Å²) in [4.78, 5) is 0. The van der Waals surface area contributed by atoms with Crippen molar-refractivity contribution in [3.05, 3.63) is 28.8 Å². The summed E-state index contributed by atoms with van der Waals surface area (Å²) >= 11 is 5.50. The first-order chi connectivity index (χ1) is 6.95. The number of nitrogens with one attached hydrogen (secondary N) is 1. The molecule has 0 amide bonds. The molecule has 0 saturated carbocycles. The zero-order valence-corrected chi connectivity index (χ0v) is 8.49. The van der Waals surface area contributed by atoms with Crippen LogP contribution >= 0.6 is 11.6 Å². The molecule has 0 unspecified atom stereocenters. The first-order valence-electron chi connectivity index (χ1n) is 4.26. The summed E-state index contributed by atoms with van der Waals surface area (Å²) in [5, 5.41) is 2.52. The molecular weight excluding hydrogens is 229 g/mol. The average Bonchev–Trinajstić information content (AvgIpc) is 2.12. The molecular formula is C9H10ClF3N2. The van der Waals surface area contributed by atoms with E-state index in [1.807, 2.05) is 0 Å². The van der Waals surface area contributed by atoms with E-state index in [9.17, 15) is 13.2 Å². The highest BCUT2D eigenvalue weighted by Gasteiger charge is 2.32. The molecule has 0 aliphatic rings. The average molecular weight is 239 g/mol. The molecule has 1 aromatic carbocycles. The summed E-state index contributed by atoms with van der Waals surface area (Å²) in [5.41, 5.74) is 4.93. The summed E-state index contributed by atoms with van der Waals surface area (Å²) < 4.78 is 36.9. The molecule has 0 atom stereocenters. The van der Waals surface area contributed by atoms with Crippen molar-refractivity contribution in [2.45, 2.75) is 6.18 Å². The van der Waals surface area contributed by atoms with Crippen molar-refractivity contribution in [1.82, 2.24) is 0 Å². The maximum Gasteiger partial charge on any atom is 0.417 e. The summed E-state index contributed by atoms with van der Waals surface area (Å²) in [5.74, 6) is 0. The molecule has 0 heterocycles. The number of halogens is 4. The van der Waals surface area contributed by atoms with Gasteiger partial charge in [-0.1, -0.05) is 11.6 Å². The number of benzene rings is 1. The molecule has 0 aliphatic carbocycles. The number of hydrogen-bond acceptors (Lipinski definition) is 2. The second kappa shape index (κ2) is 4.72. The van der Waals surface area contributed by atoms with Gasteiger partial charge < -0.3 is 11.1 Å². The van der Waals surface area contributed by atoms with Gasteiger partial charge in [0, 0.05) is 18.8 Å². The van der Waals surface area contributed by atoms with Gasteiger partial charge in [0.1, 0.15) is 0 Å². The highest BCUT2D eigenvalue weighted by molar-refractivity contribution is 6.31. The highest BCUT2D eigenvalue weighted by atomic mass is 35.5. The molecule has 0 aromatic heterocycles. The van der Waals surface area contributed by atoms with Gasteiger partial charge in [0.05, 0.1) is 10.6 Å². The minimum atomic E-state index is -4.41. The van der Waals surface area contributed by atoms with Gasteiger partial charge in [-0.25, -0.2) is 0 Å². The lowest BCUT2D eigenvalue weighted by molar-refractivity contribution is -0.137. The van der Waals surface area contributed by atoms with Crippen LogP contribution in [0.2, 0.25) is 5.02 Å². The van der Waals surface area contributed by atoms with E-state index in [0.29, 0.717) is 18.8 Å². The summed E-state index contributed by atoms with van der Waals surface area (Å²) in [7, 11) is 0. The monoisotopic (exact) mass is 238 g/mol. The first-order valence-corrected chi connectivity index (χ1v) is 4.63. The van der Waals surface area contributed by atoms with E-state index in [1.165, 1.54) is 12.1 Å². The van der Waals surface area contributed by atoms with Crippen molar-refractivity contribution in [2.24, 2.45) is 5.73 Å². The molecule has 0 bridgehead atoms. The van der Waals surface area contributed by atoms with Crippen LogP contribution < -0.4 is 11.1 Å². The van der Waals surface area contributed by atoms with Crippen molar-refractivity contribution >= 4 is 17.3 Å². The Hall–Kier alpha value is -0.940. The molecule has 1 rings (SSSR count). The van der Waals surface area contributed by atoms with Crippen LogP contribution in [0.25, 0.3) is 0 Å². The predicted octanol–water partition coefficient (Wildman–Crippen LogP) is 2.73. The lowest BCUT2D eigenvalue weighted by atomic mass is 10.2. The zero-order valence-electron chi connectivity index (χ0n) is 7.74. The number of rotatable bonds is 3. The second-order valence-corrected chi connectivity index (χ2v) is 3.32. The molecule has 0 fully saturated rings. The summed E-state index contributed by atoms with van der Waals surface area (Å²) in [6, 6.07) is 3.51. The Kier molecular flexibility index (Phi) is 3.82. The Bertz CT molecular complexity index is 339. The number of hydrogen-bond donors (Lipinski definition) is 2. The third-order valence-corrected chi connectivity index (χ3v) is 2.06. The largest absolute Gasteiger partial charge is 0.417 e. The van der Waals surface area contributed by atoms with Crippen LogP contribution in [0.15, 0.2) is 18.2 Å². The van der Waals surface area contributed by atoms with E-state index in [4.69, 9.17) is 17.3 Å². The van der Waals surface area contributed by atoms with E-state index in [-0.39, 0.29) is 5.02 Å². The topological polar surface area (TPSA) is 38.0 Å². The van der Waals surface area contributed by atoms with Crippen LogP contribution in [-0.2, 0) is 6.18 Å². The third-order valence-electron chi connectivity index (χ3n) is 1.75. The van der Waals surface area contributed by atoms with Gasteiger partial charge in [0.25, 0.3) is 0 Å². The molecule has 84 valence electrons. The van der Waals surface area contributed by atoms with E-state index < -0.39 is 11.7 Å². The second-order valence-electron chi connectivity index (χ2n) is 2.91. The van der Waals surface area contributed by atoms with Crippen molar-refractivity contribution in [3.63, 3.8) is 0 Å². The molecule has 0 saturated heterocycles. The van der Waals surface area contributed by atoms with Crippen LogP contribution in [-0.4, -0.2) is 13.1 Å². The Labute approximate surface area is 90.2 Å². The normalized spacial score (nSPS) is 11.5. The van der Waals surface area contributed by atoms with Crippen LogP contribution in [0.1, 0.15) is 5.56 Å². The standard InChI is InChI=1S/C9H10ClF3N2/c10-8-5-6(15-4-3-14)1-2-7(8)9(11,12)13/h1-2,5,15H,3-4,14H2. The fourth-order valence-corrected chi connectivity index (χ4v) is 1.36. The lowest BCUT2D eigenvalue weighted by Gasteiger charge is -2.11. The summed E-state index contributed by atoms with van der Waals surface area (Å²) in [6.45, 7) is 0.889. The molecule has 3 N–H and O–H groups in total. The van der Waals surface area contributed by atoms with Crippen molar-refractivity contribution in [2.75, 3.05) is 18.4 Å². The van der Waals surface area contributed by atoms with E-state index >= 15 is 0 Å². The van der Waals surface area contributed by atoms with Gasteiger partial charge in [0.2, 0.25) is 0 Å². The van der Waals surface area contributed by atoms with Crippen molar-refractivity contribution < 1.29 is 13.2 Å². The van der Waals surface area contributed by atoms with E-state index in [2.05, 4.69) is 5.32 Å². The molecule has 6 heteroatoms. The SMILES string of the molecule is NCCNc1ccc(C(F)(F)F)c(Cl)c1. The molecule has 15 heavy (non-hydrogen) atoms. The zero-order chi connectivity index (χ0) is 11.5. The Morgan fingerprint density at radius 1 is 1.33 bits per heavy atom. The number of anilines is 1. The van der Waals surface area contributed by atoms with Gasteiger partial charge in [-0.05, 0) is 18.2 Å². The van der Waals surface area contributed by atoms with Crippen molar-refractivity contribution in [1.29, 1.82) is 0 Å². The van der Waals surface area contributed by atoms with E-state index in [1.54, 1.807) is 0 Å². The minimum absolute atomic E-state index is 0.315. The fraction of sp³-hybridized carbons (Fsp3) is 0.333. The van der Waals surface area contributed by atoms with Crippen LogP contribution in [0.4, 0.5) is 18.9 Å². The summed E-state index contributed by atoms with van der Waals surface area (Å²) in [6.07, 6.45) is -4.41. The highest BCUT2D eigenvalue weighted by Crippen LogP contribution is 2.35. The maximum atomic E-state index is 12.3. The van der Waals surface area contributed by atoms with Crippen LogP contribution in [0, 0.1) is 0 Å². The van der Waals surface area contributed by atoms with E-state index in [0.717, 1.165) is 6.07 Å². The van der Waals surface area contributed by atoms with Gasteiger partial charge >= 0.3 is 6.18 Å². The first kappa shape index (κ1) is 12.1. The van der Waals surface area contributed by atoms with Gasteiger partial charge in [-0.3, -0.25) is 0 Å². The molecule has 1 aromatic rings. The maximum absolute atomic E-state index is 12.3. The number of nitrogens with two attached hydrogens (primary N) is 1. The third kappa shape index (κ3) is 3.28. The molecule has 0 spiro atoms. The lowest BCUT2D eigenvalue weighted by Crippen LogP contribution is -2.13. The smallest absolute Gasteiger partial charge is 0.384 e. The van der Waals surface area contributed by atoms with Gasteiger partial charge in [-0.2, -0.15) is 13.2 Å². The fourth-order valence-electron chi connectivity index (χ4n) is 1.07. The quantitative estimate of drug-likeness (QED) is 0.850. The Morgan fingerprint density at radius 2 is 2.00 bits per heavy atom. The molecule has 0 radical (unpaired) electrons. The Morgan fingerprint density at radius 3 is 2.47 bits per heavy atom.